The summed E-state index contributed by atoms with van der Waals surface area (Å²) in [4.78, 5) is 181. The van der Waals surface area contributed by atoms with Crippen LogP contribution in [-0.2, 0) is 104 Å². The van der Waals surface area contributed by atoms with Crippen molar-refractivity contribution in [1.29, 1.82) is 0 Å². The minimum atomic E-state index is -4.25. The van der Waals surface area contributed by atoms with Gasteiger partial charge in [-0.1, -0.05) is 109 Å². The van der Waals surface area contributed by atoms with Gasteiger partial charge in [0, 0.05) is 31.8 Å². The van der Waals surface area contributed by atoms with Crippen LogP contribution in [0, 0.1) is 20.8 Å². The number of sulfonamides is 1. The van der Waals surface area contributed by atoms with Crippen molar-refractivity contribution in [3.8, 4) is 16.9 Å². The topological polar surface area (TPSA) is 607 Å². The van der Waals surface area contributed by atoms with Crippen LogP contribution in [-0.4, -0.2) is 245 Å². The maximum Gasteiger partial charge on any atom is 0.407 e. The number of guanidine groups is 2. The molecular formula is C83H110N16O24S. The van der Waals surface area contributed by atoms with Gasteiger partial charge in [0.2, 0.25) is 47.3 Å². The van der Waals surface area contributed by atoms with Gasteiger partial charge in [-0.25, -0.2) is 22.7 Å². The number of carbonyl (C=O) groups is 13. The van der Waals surface area contributed by atoms with E-state index in [9.17, 15) is 86.1 Å². The van der Waals surface area contributed by atoms with Gasteiger partial charge in [-0.2, -0.15) is 0 Å². The molecule has 2 aliphatic heterocycles. The van der Waals surface area contributed by atoms with Crippen LogP contribution >= 0.6 is 0 Å². The zero-order valence-electron chi connectivity index (χ0n) is 70.5. The molecule has 124 heavy (non-hydrogen) atoms. The molecule has 672 valence electrons. The number of fused-ring (bicyclic) bond motifs is 3. The van der Waals surface area contributed by atoms with Crippen molar-refractivity contribution >= 4 is 99.1 Å². The number of rotatable bonds is 33. The summed E-state index contributed by atoms with van der Waals surface area (Å²) < 4.78 is 62.7. The highest BCUT2D eigenvalue weighted by Gasteiger charge is 2.50. The zero-order chi connectivity index (χ0) is 91.4. The van der Waals surface area contributed by atoms with Gasteiger partial charge < -0.3 is 114 Å². The number of aliphatic imine (C=N–C) groups is 2. The van der Waals surface area contributed by atoms with E-state index in [1.165, 1.54) is 7.11 Å². The lowest BCUT2D eigenvalue weighted by molar-refractivity contribution is -0.267. The molecule has 8 rings (SSSR count). The molecule has 5 aromatic rings. The van der Waals surface area contributed by atoms with Crippen LogP contribution in [0.4, 0.5) is 4.79 Å². The third kappa shape index (κ3) is 28.4. The lowest BCUT2D eigenvalue weighted by Crippen LogP contribution is -2.71. The molecule has 0 saturated carbocycles. The number of aliphatic carboxylic acids is 1. The Morgan fingerprint density at radius 3 is 1.86 bits per heavy atom. The number of aliphatic hydroxyl groups is 2. The zero-order valence-corrected chi connectivity index (χ0v) is 71.3. The fourth-order valence-electron chi connectivity index (χ4n) is 13.4. The number of carboxylic acid groups (broad SMARTS) is 1. The summed E-state index contributed by atoms with van der Waals surface area (Å²) in [5.41, 5.74) is 17.9. The fourth-order valence-corrected chi connectivity index (χ4v) is 14.9. The van der Waals surface area contributed by atoms with Crippen LogP contribution in [0.5, 0.6) is 5.75 Å². The Labute approximate surface area is 716 Å². The maximum atomic E-state index is 14.9. The second-order valence-electron chi connectivity index (χ2n) is 31.0. The molecule has 2 heterocycles. The Bertz CT molecular complexity index is 4810. The number of nitrogens with one attached hydrogen (secondary N) is 11. The van der Waals surface area contributed by atoms with E-state index >= 15 is 0 Å². The number of aliphatic hydroxyl groups excluding tert-OH is 2. The Morgan fingerprint density at radius 2 is 1.28 bits per heavy atom. The molecule has 3 aliphatic rings. The van der Waals surface area contributed by atoms with Crippen LogP contribution in [0.25, 0.3) is 11.1 Å². The number of amides is 10. The normalized spacial score (nSPS) is 17.7. The Morgan fingerprint density at radius 1 is 0.685 bits per heavy atom. The highest BCUT2D eigenvalue weighted by atomic mass is 32.2. The van der Waals surface area contributed by atoms with Crippen LogP contribution in [0.15, 0.2) is 130 Å². The van der Waals surface area contributed by atoms with Gasteiger partial charge in [-0.3, -0.25) is 62.7 Å². The van der Waals surface area contributed by atoms with Gasteiger partial charge in [0.25, 0.3) is 21.8 Å². The quantitative estimate of drug-likeness (QED) is 0.00784. The summed E-state index contributed by atoms with van der Waals surface area (Å²) in [7, 11) is -1.69. The molecule has 0 bridgehead atoms. The van der Waals surface area contributed by atoms with E-state index in [4.69, 9.17) is 45.6 Å². The van der Waals surface area contributed by atoms with E-state index < -0.39 is 204 Å². The van der Waals surface area contributed by atoms with Gasteiger partial charge in [0.05, 0.1) is 64.9 Å². The standard InChI is InChI=1S/C58H74N8O15S.C25H36N8O9/c1-34-27-46(76-9)35(2)36(3)49(34)82(74,75)66-54(59)60-26-18-25-43(62-47(67)30-61-55(73)78-31-42-40-23-16-14-21-38(40)39-22-15-17-24-41(39)42)51(70)65-58(32-79-57(7,8)80-33-58)53(72)64-44(28-37-19-12-11-13-20-37)50(69)63-45(52(71)77-10)29-48(68)81-56(4,5)6;26-24(27)28-8-4-7-15-22(41)33-25(12-34,13-35)23(42)32-16(9-14-5-2-1-3-6-14)21(40)31-17(10-19(37)38)20(39)29-11-18(36)30-15/h11-17,19-24,27,42-45H,18,25-26,28-33H2,1-10H3,(H,61,73)(H,62,67)(H,63,69)(H,64,72)(H,65,70)(H3,59,60,66);1-3,5-6,15-17,34-35H,4,7-13H2,(H,29,39)(H,30,36)(H,31,40)(H,32,42)(H,33,41)(H,37,38)(H4,26,27,28)/t43-,44-,45-;15-,16+,17-/m00/s1. The fraction of sp³-hybridized carbons (Fsp3) is 0.458. The number of carbonyl (C=O) groups excluding carboxylic acids is 12. The number of ether oxygens (including phenoxy) is 6. The molecule has 0 radical (unpaired) electrons. The summed E-state index contributed by atoms with van der Waals surface area (Å²) >= 11 is 0. The van der Waals surface area contributed by atoms with Crippen molar-refractivity contribution in [2.24, 2.45) is 27.2 Å². The predicted molar refractivity (Wildman–Crippen MR) is 448 cm³/mol. The smallest absolute Gasteiger partial charge is 0.407 e. The number of alkyl carbamates (subject to hydrolysis) is 1. The number of hydrogen-bond acceptors (Lipinski definition) is 25. The minimum Gasteiger partial charge on any atom is -0.496 e. The van der Waals surface area contributed by atoms with E-state index in [0.717, 1.165) is 29.4 Å². The van der Waals surface area contributed by atoms with Gasteiger partial charge >= 0.3 is 24.0 Å². The van der Waals surface area contributed by atoms with Gasteiger partial charge in [0.1, 0.15) is 60.8 Å². The van der Waals surface area contributed by atoms with Crippen LogP contribution in [0.3, 0.4) is 0 Å². The molecule has 0 aromatic heterocycles. The molecule has 1 aliphatic carbocycles. The molecule has 2 fully saturated rings. The number of carboxylic acids is 1. The summed E-state index contributed by atoms with van der Waals surface area (Å²) in [6.45, 7) is 8.32. The minimum absolute atomic E-state index is 0.0104. The Balaban J connectivity index is 0.000000422. The third-order valence-corrected chi connectivity index (χ3v) is 21.6. The second-order valence-corrected chi connectivity index (χ2v) is 32.6. The molecule has 5 aromatic carbocycles. The molecule has 0 unspecified atom stereocenters. The molecular weight excluding hydrogens is 1640 g/mol. The summed E-state index contributed by atoms with van der Waals surface area (Å²) in [5, 5.41) is 54.0. The molecule has 40 nitrogen and oxygen atoms in total. The molecule has 2 saturated heterocycles. The molecule has 10 amide bonds. The number of methoxy groups -OCH3 is 2. The number of nitrogens with zero attached hydrogens (tertiary/aromatic N) is 2. The second kappa shape index (κ2) is 44.8. The number of benzene rings is 5. The van der Waals surface area contributed by atoms with Gasteiger partial charge in [0.15, 0.2) is 22.8 Å². The van der Waals surface area contributed by atoms with Crippen molar-refractivity contribution in [3.05, 3.63) is 154 Å². The SMILES string of the molecule is COC(=O)[C@H](CC(=O)OC(C)(C)C)NC(=O)[C@H](Cc1ccccc1)NC(=O)C1(NC(=O)[C@H](CCCN=C(N)NS(=O)(=O)c2c(C)cc(OC)c(C)c2C)NC(=O)CNC(=O)OCC2c3ccccc3-c3ccccc32)COC(C)(C)OC1.NC(N)=NCCC[C@@H]1NC(=O)CNC(=O)[C@H](CC(=O)O)NC(=O)[C@@H](Cc2ccccc2)NC(=O)C(CO)(CO)NC1=O. The van der Waals surface area contributed by atoms with E-state index in [1.54, 1.807) is 122 Å². The van der Waals surface area contributed by atoms with E-state index in [1.807, 2.05) is 48.5 Å². The van der Waals surface area contributed by atoms with Crippen LogP contribution < -0.4 is 79.8 Å². The first-order valence-electron chi connectivity index (χ1n) is 39.5. The highest BCUT2D eigenvalue weighted by molar-refractivity contribution is 7.90. The lowest BCUT2D eigenvalue weighted by atomic mass is 9.95. The summed E-state index contributed by atoms with van der Waals surface area (Å²) in [6.07, 6.45) is -2.75. The highest BCUT2D eigenvalue weighted by Crippen LogP contribution is 2.44. The first kappa shape index (κ1) is 98.3. The van der Waals surface area contributed by atoms with E-state index in [0.29, 0.717) is 33.6 Å². The van der Waals surface area contributed by atoms with Crippen molar-refractivity contribution in [3.63, 3.8) is 0 Å². The maximum absolute atomic E-state index is 14.9. The van der Waals surface area contributed by atoms with Crippen molar-refractivity contribution < 1.29 is 114 Å². The predicted octanol–water partition coefficient (Wildman–Crippen LogP) is -1.05. The number of aryl methyl sites for hydroxylation is 1. The third-order valence-electron chi connectivity index (χ3n) is 19.9. The molecule has 6 atom stereocenters. The molecule has 20 N–H and O–H groups in total. The van der Waals surface area contributed by atoms with Gasteiger partial charge in [-0.15, -0.1) is 0 Å². The van der Waals surface area contributed by atoms with Crippen molar-refractivity contribution in [2.45, 2.75) is 176 Å². The largest absolute Gasteiger partial charge is 0.496 e. The number of hydrogen-bond donors (Lipinski definition) is 17. The van der Waals surface area contributed by atoms with Gasteiger partial charge in [-0.05, 0) is 137 Å². The van der Waals surface area contributed by atoms with E-state index in [-0.39, 0.29) is 75.0 Å². The first-order chi connectivity index (χ1) is 58.6. The summed E-state index contributed by atoms with van der Waals surface area (Å²) in [6, 6.07) is 25.2. The van der Waals surface area contributed by atoms with Crippen LogP contribution in [0.2, 0.25) is 0 Å². The number of nitrogens with two attached hydrogens (primary N) is 3. The van der Waals surface area contributed by atoms with Crippen molar-refractivity contribution in [1.82, 2.24) is 57.9 Å². The number of esters is 2. The molecule has 41 heteroatoms. The Hall–Kier alpha value is -12.9. The van der Waals surface area contributed by atoms with Crippen molar-refractivity contribution in [2.75, 3.05) is 73.4 Å². The van der Waals surface area contributed by atoms with Crippen LogP contribution in [0.1, 0.15) is 118 Å². The molecule has 0 spiro atoms. The monoisotopic (exact) mass is 1750 g/mol. The first-order valence-corrected chi connectivity index (χ1v) is 41.0. The Kier molecular flexibility index (Phi) is 35.5. The lowest BCUT2D eigenvalue weighted by Gasteiger charge is -2.43. The average Bonchev–Trinajstić information content (AvgIpc) is 1.59. The summed E-state index contributed by atoms with van der Waals surface area (Å²) in [5.74, 6) is -13.5. The van der Waals surface area contributed by atoms with E-state index in [2.05, 4.69) is 67.9 Å². The average molecular weight is 1750 g/mol.